The highest BCUT2D eigenvalue weighted by atomic mass is 19.4. The van der Waals surface area contributed by atoms with Crippen molar-refractivity contribution < 1.29 is 37.0 Å². The van der Waals surface area contributed by atoms with Gasteiger partial charge in [-0.15, -0.1) is 0 Å². The second kappa shape index (κ2) is 10.6. The maximum atomic E-state index is 12.5. The molecule has 10 heteroatoms. The highest BCUT2D eigenvalue weighted by molar-refractivity contribution is 6.04. The van der Waals surface area contributed by atoms with Gasteiger partial charge in [-0.3, -0.25) is 9.59 Å². The molecule has 0 saturated carbocycles. The van der Waals surface area contributed by atoms with Crippen molar-refractivity contribution in [2.75, 3.05) is 25.6 Å². The van der Waals surface area contributed by atoms with Gasteiger partial charge in [0, 0.05) is 17.3 Å². The average Bonchev–Trinajstić information content (AvgIpc) is 2.70. The zero-order chi connectivity index (χ0) is 23.0. The largest absolute Gasteiger partial charge is 0.493 e. The molecule has 0 atom stereocenters. The monoisotopic (exact) mass is 440 g/mol. The van der Waals surface area contributed by atoms with E-state index >= 15 is 0 Å². The van der Waals surface area contributed by atoms with E-state index in [1.807, 2.05) is 13.8 Å². The number of benzene rings is 2. The molecule has 2 rings (SSSR count). The molecule has 0 fully saturated rings. The van der Waals surface area contributed by atoms with Crippen molar-refractivity contribution in [1.29, 1.82) is 0 Å². The highest BCUT2D eigenvalue weighted by Gasteiger charge is 2.28. The van der Waals surface area contributed by atoms with Gasteiger partial charge in [0.05, 0.1) is 7.11 Å². The SMILES string of the molecule is COc1cc(C(=O)Nc2ccc(OCC(F)(F)F)cc2)ccc1OCC(=O)NC(C)C. The Bertz CT molecular complexity index is 899. The summed E-state index contributed by atoms with van der Waals surface area (Å²) in [6, 6.07) is 9.92. The van der Waals surface area contributed by atoms with Crippen molar-refractivity contribution >= 4 is 17.5 Å². The van der Waals surface area contributed by atoms with Crippen molar-refractivity contribution in [2.24, 2.45) is 0 Å². The van der Waals surface area contributed by atoms with Gasteiger partial charge in [-0.05, 0) is 56.3 Å². The van der Waals surface area contributed by atoms with E-state index in [-0.39, 0.29) is 35.6 Å². The minimum Gasteiger partial charge on any atom is -0.493 e. The summed E-state index contributed by atoms with van der Waals surface area (Å²) in [5.41, 5.74) is 0.627. The minimum atomic E-state index is -4.43. The molecule has 2 N–H and O–H groups in total. The molecule has 0 bridgehead atoms. The van der Waals surface area contributed by atoms with E-state index in [4.69, 9.17) is 9.47 Å². The molecule has 2 aromatic carbocycles. The lowest BCUT2D eigenvalue weighted by Gasteiger charge is -2.13. The molecule has 0 aliphatic carbocycles. The van der Waals surface area contributed by atoms with Crippen LogP contribution in [0.1, 0.15) is 24.2 Å². The first-order chi connectivity index (χ1) is 14.6. The van der Waals surface area contributed by atoms with Gasteiger partial charge in [-0.2, -0.15) is 13.2 Å². The van der Waals surface area contributed by atoms with E-state index in [0.29, 0.717) is 11.4 Å². The van der Waals surface area contributed by atoms with Gasteiger partial charge in [-0.1, -0.05) is 0 Å². The summed E-state index contributed by atoms with van der Waals surface area (Å²) in [6.45, 7) is 2.05. The summed E-state index contributed by atoms with van der Waals surface area (Å²) >= 11 is 0. The molecule has 0 radical (unpaired) electrons. The number of hydrogen-bond acceptors (Lipinski definition) is 5. The summed E-state index contributed by atoms with van der Waals surface area (Å²) in [6.07, 6.45) is -4.43. The van der Waals surface area contributed by atoms with Crippen molar-refractivity contribution in [1.82, 2.24) is 5.32 Å². The van der Waals surface area contributed by atoms with Crippen LogP contribution >= 0.6 is 0 Å². The number of alkyl halides is 3. The number of amides is 2. The van der Waals surface area contributed by atoms with Crippen molar-refractivity contribution in [3.63, 3.8) is 0 Å². The van der Waals surface area contributed by atoms with E-state index in [1.165, 1.54) is 49.6 Å². The second-order valence-electron chi connectivity index (χ2n) is 6.76. The molecular formula is C21H23F3N2O5. The van der Waals surface area contributed by atoms with Crippen LogP contribution in [0, 0.1) is 0 Å². The van der Waals surface area contributed by atoms with Gasteiger partial charge < -0.3 is 24.8 Å². The maximum Gasteiger partial charge on any atom is 0.422 e. The molecule has 0 spiro atoms. The Balaban J connectivity index is 1.99. The third-order valence-electron chi connectivity index (χ3n) is 3.75. The lowest BCUT2D eigenvalue weighted by molar-refractivity contribution is -0.153. The van der Waals surface area contributed by atoms with Gasteiger partial charge in [0.1, 0.15) is 5.75 Å². The fourth-order valence-electron chi connectivity index (χ4n) is 2.44. The molecule has 2 aromatic rings. The maximum absolute atomic E-state index is 12.5. The van der Waals surface area contributed by atoms with Crippen LogP contribution in [0.25, 0.3) is 0 Å². The number of halogens is 3. The van der Waals surface area contributed by atoms with Gasteiger partial charge >= 0.3 is 6.18 Å². The van der Waals surface area contributed by atoms with Gasteiger partial charge in [0.2, 0.25) is 0 Å². The molecule has 0 aromatic heterocycles. The fourth-order valence-corrected chi connectivity index (χ4v) is 2.44. The van der Waals surface area contributed by atoms with Gasteiger partial charge in [-0.25, -0.2) is 0 Å². The van der Waals surface area contributed by atoms with E-state index < -0.39 is 18.7 Å². The number of carbonyl (C=O) groups excluding carboxylic acids is 2. The molecule has 0 aliphatic heterocycles. The van der Waals surface area contributed by atoms with Crippen molar-refractivity contribution in [3.05, 3.63) is 48.0 Å². The van der Waals surface area contributed by atoms with Crippen LogP contribution in [0.15, 0.2) is 42.5 Å². The van der Waals surface area contributed by atoms with Crippen LogP contribution in [0.5, 0.6) is 17.2 Å². The minimum absolute atomic E-state index is 0.0191. The van der Waals surface area contributed by atoms with E-state index in [2.05, 4.69) is 15.4 Å². The summed E-state index contributed by atoms with van der Waals surface area (Å²) < 4.78 is 51.9. The molecule has 7 nitrogen and oxygen atoms in total. The Morgan fingerprint density at radius 1 is 1.00 bits per heavy atom. The van der Waals surface area contributed by atoms with Gasteiger partial charge in [0.15, 0.2) is 24.7 Å². The molecule has 168 valence electrons. The van der Waals surface area contributed by atoms with Crippen LogP contribution in [-0.4, -0.2) is 44.4 Å². The first-order valence-corrected chi connectivity index (χ1v) is 9.28. The second-order valence-corrected chi connectivity index (χ2v) is 6.76. The highest BCUT2D eigenvalue weighted by Crippen LogP contribution is 2.28. The van der Waals surface area contributed by atoms with Crippen LogP contribution in [0.4, 0.5) is 18.9 Å². The fraction of sp³-hybridized carbons (Fsp3) is 0.333. The Hall–Kier alpha value is -3.43. The quantitative estimate of drug-likeness (QED) is 0.620. The molecule has 0 aliphatic rings. The smallest absolute Gasteiger partial charge is 0.422 e. The lowest BCUT2D eigenvalue weighted by Crippen LogP contribution is -2.34. The summed E-state index contributed by atoms with van der Waals surface area (Å²) in [5.74, 6) is -0.169. The number of methoxy groups -OCH3 is 1. The standard InChI is InChI=1S/C21H23F3N2O5/c1-13(2)25-19(27)11-30-17-9-4-14(10-18(17)29-3)20(28)26-15-5-7-16(8-6-15)31-12-21(22,23)24/h4-10,13H,11-12H2,1-3H3,(H,25,27)(H,26,28). The number of carbonyl (C=O) groups is 2. The zero-order valence-electron chi connectivity index (χ0n) is 17.2. The zero-order valence-corrected chi connectivity index (χ0v) is 17.2. The Labute approximate surface area is 177 Å². The summed E-state index contributed by atoms with van der Waals surface area (Å²) in [7, 11) is 1.40. The first-order valence-electron chi connectivity index (χ1n) is 9.28. The molecule has 0 unspecified atom stereocenters. The summed E-state index contributed by atoms with van der Waals surface area (Å²) in [5, 5.41) is 5.32. The topological polar surface area (TPSA) is 85.9 Å². The lowest BCUT2D eigenvalue weighted by atomic mass is 10.2. The number of nitrogens with one attached hydrogen (secondary N) is 2. The van der Waals surface area contributed by atoms with E-state index in [9.17, 15) is 22.8 Å². The number of anilines is 1. The van der Waals surface area contributed by atoms with E-state index in [0.717, 1.165) is 0 Å². The van der Waals surface area contributed by atoms with Crippen molar-refractivity contribution in [2.45, 2.75) is 26.1 Å². The predicted molar refractivity (Wildman–Crippen MR) is 108 cm³/mol. The Morgan fingerprint density at radius 2 is 1.68 bits per heavy atom. The van der Waals surface area contributed by atoms with Crippen molar-refractivity contribution in [3.8, 4) is 17.2 Å². The Morgan fingerprint density at radius 3 is 2.26 bits per heavy atom. The number of rotatable bonds is 9. The van der Waals surface area contributed by atoms with Crippen LogP contribution < -0.4 is 24.8 Å². The Kier molecular flexibility index (Phi) is 8.12. The molecule has 2 amide bonds. The van der Waals surface area contributed by atoms with E-state index in [1.54, 1.807) is 0 Å². The van der Waals surface area contributed by atoms with Crippen LogP contribution in [0.3, 0.4) is 0 Å². The van der Waals surface area contributed by atoms with Crippen LogP contribution in [-0.2, 0) is 4.79 Å². The number of hydrogen-bond donors (Lipinski definition) is 2. The first kappa shape index (κ1) is 23.8. The molecule has 0 saturated heterocycles. The van der Waals surface area contributed by atoms with Gasteiger partial charge in [0.25, 0.3) is 11.8 Å². The third-order valence-corrected chi connectivity index (χ3v) is 3.75. The summed E-state index contributed by atoms with van der Waals surface area (Å²) in [4.78, 5) is 24.2. The number of ether oxygens (including phenoxy) is 3. The molecule has 0 heterocycles. The predicted octanol–water partition coefficient (Wildman–Crippen LogP) is 3.79. The average molecular weight is 440 g/mol. The van der Waals surface area contributed by atoms with Crippen LogP contribution in [0.2, 0.25) is 0 Å². The third kappa shape index (κ3) is 8.07. The molecular weight excluding hydrogens is 417 g/mol. The normalized spacial score (nSPS) is 11.1. The molecule has 31 heavy (non-hydrogen) atoms.